The topological polar surface area (TPSA) is 35.0 Å². The SMILES string of the molecule is Cc1cccc(-c2[c-]c(Oc3[c-]c(-c4cc5ccccc5cn4)ccc3)c3c(c2)B(c2c(C)cccc2C)c2ccccc2B3c2c(C)cccc2C)n1.[Pt+2]. The van der Waals surface area contributed by atoms with Gasteiger partial charge in [0, 0.05) is 23.4 Å². The van der Waals surface area contributed by atoms with E-state index < -0.39 is 0 Å². The Morgan fingerprint density at radius 1 is 0.491 bits per heavy atom. The van der Waals surface area contributed by atoms with Crippen molar-refractivity contribution >= 4 is 57.0 Å². The summed E-state index contributed by atoms with van der Waals surface area (Å²) in [6.07, 6.45) is 1.93. The first-order chi connectivity index (χ1) is 26.3. The Bertz CT molecular complexity index is 2700. The number of nitrogens with zero attached hydrogens (tertiary/aromatic N) is 2. The first kappa shape index (κ1) is 36.5. The van der Waals surface area contributed by atoms with Crippen molar-refractivity contribution < 1.29 is 25.8 Å². The molecule has 0 aliphatic carbocycles. The normalized spacial score (nSPS) is 11.9. The maximum atomic E-state index is 7.14. The molecular weight excluding hydrogens is 849 g/mol. The quantitative estimate of drug-likeness (QED) is 0.131. The summed E-state index contributed by atoms with van der Waals surface area (Å²) in [6, 6.07) is 54.6. The van der Waals surface area contributed by atoms with Gasteiger partial charge in [-0.2, -0.15) is 5.46 Å². The minimum absolute atomic E-state index is 0. The van der Waals surface area contributed by atoms with Crippen LogP contribution in [0, 0.1) is 46.8 Å². The maximum Gasteiger partial charge on any atom is 2.00 e. The van der Waals surface area contributed by atoms with E-state index in [2.05, 4.69) is 143 Å². The molecule has 0 radical (unpaired) electrons. The first-order valence-corrected chi connectivity index (χ1v) is 18.6. The average molecular weight is 888 g/mol. The van der Waals surface area contributed by atoms with Gasteiger partial charge in [0.05, 0.1) is 0 Å². The largest absolute Gasteiger partial charge is 2.00 e. The van der Waals surface area contributed by atoms with Gasteiger partial charge in [0.2, 0.25) is 6.71 Å². The Kier molecular flexibility index (Phi) is 9.93. The molecule has 8 aromatic rings. The molecule has 0 bridgehead atoms. The average Bonchev–Trinajstić information content (AvgIpc) is 3.18. The van der Waals surface area contributed by atoms with Crippen molar-refractivity contribution in [3.63, 3.8) is 0 Å². The molecule has 2 aromatic heterocycles. The fourth-order valence-corrected chi connectivity index (χ4v) is 8.57. The number of hydrogen-bond donors (Lipinski definition) is 0. The van der Waals surface area contributed by atoms with Crippen molar-refractivity contribution in [1.29, 1.82) is 0 Å². The van der Waals surface area contributed by atoms with E-state index in [1.807, 2.05) is 43.5 Å². The van der Waals surface area contributed by atoms with Crippen LogP contribution in [-0.2, 0) is 21.1 Å². The molecule has 9 rings (SSSR count). The molecule has 0 amide bonds. The van der Waals surface area contributed by atoms with Crippen LogP contribution in [0.25, 0.3) is 33.3 Å². The fourth-order valence-electron chi connectivity index (χ4n) is 8.57. The molecule has 0 saturated heterocycles. The third-order valence-corrected chi connectivity index (χ3v) is 11.0. The molecular formula is C49H38B2N2OPt. The van der Waals surface area contributed by atoms with Crippen LogP contribution in [0.5, 0.6) is 11.5 Å². The predicted molar refractivity (Wildman–Crippen MR) is 227 cm³/mol. The predicted octanol–water partition coefficient (Wildman–Crippen LogP) is 7.24. The van der Waals surface area contributed by atoms with Gasteiger partial charge in [-0.05, 0) is 62.8 Å². The molecule has 0 unspecified atom stereocenters. The van der Waals surface area contributed by atoms with Gasteiger partial charge in [-0.1, -0.05) is 159 Å². The van der Waals surface area contributed by atoms with Crippen LogP contribution in [0.3, 0.4) is 0 Å². The molecule has 0 spiro atoms. The van der Waals surface area contributed by atoms with Gasteiger partial charge in [0.25, 0.3) is 0 Å². The van der Waals surface area contributed by atoms with Crippen LogP contribution in [0.2, 0.25) is 0 Å². The number of ether oxygens (including phenoxy) is 1. The van der Waals surface area contributed by atoms with Gasteiger partial charge in [-0.3, -0.25) is 0 Å². The summed E-state index contributed by atoms with van der Waals surface area (Å²) in [6.45, 7) is 10.8. The van der Waals surface area contributed by atoms with Gasteiger partial charge in [-0.25, -0.2) is 0 Å². The van der Waals surface area contributed by atoms with Gasteiger partial charge < -0.3 is 14.7 Å². The summed E-state index contributed by atoms with van der Waals surface area (Å²) in [5.74, 6) is 1.29. The Hall–Kier alpha value is -5.50. The number of pyridine rings is 2. The Morgan fingerprint density at radius 2 is 1.09 bits per heavy atom. The number of hydrogen-bond acceptors (Lipinski definition) is 3. The Balaban J connectivity index is 0.00000427. The van der Waals surface area contributed by atoms with Gasteiger partial charge in [0.1, 0.15) is 0 Å². The van der Waals surface area contributed by atoms with Crippen molar-refractivity contribution in [2.75, 3.05) is 0 Å². The van der Waals surface area contributed by atoms with E-state index in [0.29, 0.717) is 11.5 Å². The zero-order valence-corrected chi connectivity index (χ0v) is 33.8. The van der Waals surface area contributed by atoms with Crippen LogP contribution in [0.15, 0.2) is 140 Å². The summed E-state index contributed by atoms with van der Waals surface area (Å²) in [7, 11) is 0. The van der Waals surface area contributed by atoms with Crippen LogP contribution in [0.1, 0.15) is 27.9 Å². The molecule has 1 aliphatic rings. The molecule has 1 aliphatic heterocycles. The molecule has 0 fully saturated rings. The van der Waals surface area contributed by atoms with Crippen molar-refractivity contribution in [3.05, 3.63) is 180 Å². The third kappa shape index (κ3) is 6.66. The van der Waals surface area contributed by atoms with Crippen molar-refractivity contribution in [1.82, 2.24) is 9.97 Å². The monoisotopic (exact) mass is 887 g/mol. The van der Waals surface area contributed by atoms with Crippen molar-refractivity contribution in [2.45, 2.75) is 34.6 Å². The Labute approximate surface area is 339 Å². The zero-order chi connectivity index (χ0) is 36.9. The smallest absolute Gasteiger partial charge is 0.497 e. The molecule has 55 heavy (non-hydrogen) atoms. The summed E-state index contributed by atoms with van der Waals surface area (Å²) < 4.78 is 7.14. The van der Waals surface area contributed by atoms with Gasteiger partial charge >= 0.3 is 21.1 Å². The van der Waals surface area contributed by atoms with Crippen LogP contribution < -0.4 is 37.5 Å². The van der Waals surface area contributed by atoms with Crippen molar-refractivity contribution in [2.24, 2.45) is 0 Å². The molecule has 0 N–H and O–H groups in total. The van der Waals surface area contributed by atoms with Gasteiger partial charge in [-0.15, -0.1) is 40.9 Å². The fraction of sp³-hybridized carbons (Fsp3) is 0.102. The number of aromatic nitrogens is 2. The summed E-state index contributed by atoms with van der Waals surface area (Å²) in [5, 5.41) is 2.24. The third-order valence-electron chi connectivity index (χ3n) is 11.0. The molecule has 6 aromatic carbocycles. The van der Waals surface area contributed by atoms with Crippen LogP contribution >= 0.6 is 0 Å². The van der Waals surface area contributed by atoms with E-state index in [-0.39, 0.29) is 34.5 Å². The first-order valence-electron chi connectivity index (χ1n) is 18.6. The van der Waals surface area contributed by atoms with E-state index >= 15 is 0 Å². The van der Waals surface area contributed by atoms with Crippen LogP contribution in [0.4, 0.5) is 0 Å². The Morgan fingerprint density at radius 3 is 1.78 bits per heavy atom. The maximum absolute atomic E-state index is 7.14. The second-order valence-electron chi connectivity index (χ2n) is 14.6. The number of rotatable bonds is 6. The van der Waals surface area contributed by atoms with Crippen LogP contribution in [-0.4, -0.2) is 23.4 Å². The summed E-state index contributed by atoms with van der Waals surface area (Å²) in [4.78, 5) is 9.81. The second kappa shape index (κ2) is 15.0. The molecule has 6 heteroatoms. The van der Waals surface area contributed by atoms with Crippen molar-refractivity contribution in [3.8, 4) is 34.0 Å². The minimum atomic E-state index is -0.0888. The van der Waals surface area contributed by atoms with E-state index in [4.69, 9.17) is 14.7 Å². The number of aryl methyl sites for hydroxylation is 5. The molecule has 266 valence electrons. The zero-order valence-electron chi connectivity index (χ0n) is 31.6. The molecule has 0 atom stereocenters. The number of fused-ring (bicyclic) bond motifs is 3. The molecule has 3 heterocycles. The minimum Gasteiger partial charge on any atom is -0.497 e. The molecule has 3 nitrogen and oxygen atoms in total. The van der Waals surface area contributed by atoms with Gasteiger partial charge in [0.15, 0.2) is 6.71 Å². The molecule has 0 saturated carbocycles. The van der Waals surface area contributed by atoms with E-state index in [9.17, 15) is 0 Å². The van der Waals surface area contributed by atoms with E-state index in [1.165, 1.54) is 49.6 Å². The second-order valence-corrected chi connectivity index (χ2v) is 14.6. The van der Waals surface area contributed by atoms with E-state index in [1.54, 1.807) is 0 Å². The summed E-state index contributed by atoms with van der Waals surface area (Å²) >= 11 is 0. The van der Waals surface area contributed by atoms with E-state index in [0.717, 1.165) is 44.4 Å². The summed E-state index contributed by atoms with van der Waals surface area (Å²) in [5.41, 5.74) is 17.0. The number of benzene rings is 6. The standard InChI is InChI=1S/C49H38B2N2O.Pt/c1-31-14-10-15-32(2)47(31)50-41-23-8-9-24-42(41)51(48-33(3)16-11-17-34(48)4)49-43(50)27-39(44-25-12-18-35(5)53-44)29-46(49)54-40-22-13-21-37(26-40)45-28-36-19-6-7-20-38(36)30-52-45;/h6-25,27-28,30H,1-5H3;/q-2;+2.